The molecule has 4 rings (SSSR count). The zero-order valence-electron chi connectivity index (χ0n) is 29.6. The molecule has 1 aliphatic heterocycles. The lowest BCUT2D eigenvalue weighted by molar-refractivity contribution is -0.145. The van der Waals surface area contributed by atoms with E-state index < -0.39 is 11.6 Å². The van der Waals surface area contributed by atoms with Gasteiger partial charge in [0.15, 0.2) is 5.76 Å². The average molecular weight is 667 g/mol. The van der Waals surface area contributed by atoms with E-state index in [1.807, 2.05) is 0 Å². The first-order valence-electron chi connectivity index (χ1n) is 17.0. The molecular weight excluding hydrogens is 616 g/mol. The van der Waals surface area contributed by atoms with Crippen LogP contribution in [0.25, 0.3) is 11.3 Å². The number of benzene rings is 2. The van der Waals surface area contributed by atoms with Crippen LogP contribution >= 0.6 is 0 Å². The largest absolute Gasteiger partial charge is 0.508 e. The molecule has 0 fully saturated rings. The van der Waals surface area contributed by atoms with Crippen LogP contribution in [0.2, 0.25) is 0 Å². The number of phenols is 4. The molecule has 0 saturated carbocycles. The zero-order chi connectivity index (χ0) is 35.7. The first-order valence-corrected chi connectivity index (χ1v) is 17.0. The van der Waals surface area contributed by atoms with Crippen molar-refractivity contribution in [3.8, 4) is 34.3 Å². The number of esters is 1. The number of cyclic esters (lactones) is 1. The van der Waals surface area contributed by atoms with E-state index in [-0.39, 0.29) is 45.6 Å². The Hall–Kier alpha value is -4.91. The highest BCUT2D eigenvalue weighted by Crippen LogP contribution is 2.50. The number of carbonyl (C=O) groups excluding carboxylic acids is 1. The molecular formula is C42H50O7. The number of phenolic OH excluding ortho intramolecular Hbond substituents is 4. The molecule has 0 amide bonds. The minimum absolute atomic E-state index is 0.0544. The van der Waals surface area contributed by atoms with Crippen LogP contribution in [0.15, 0.2) is 105 Å². The van der Waals surface area contributed by atoms with Gasteiger partial charge in [0, 0.05) is 5.57 Å². The first kappa shape index (κ1) is 36.9. The Morgan fingerprint density at radius 3 is 1.88 bits per heavy atom. The number of ether oxygens (including phenoxy) is 1. The number of allylic oxidation sites excluding steroid dienone is 8. The molecule has 1 atom stereocenters. The lowest BCUT2D eigenvalue weighted by Crippen LogP contribution is -2.28. The van der Waals surface area contributed by atoms with Gasteiger partial charge in [-0.1, -0.05) is 46.6 Å². The summed E-state index contributed by atoms with van der Waals surface area (Å²) in [6, 6.07) is 10.0. The van der Waals surface area contributed by atoms with E-state index in [0.29, 0.717) is 36.8 Å². The van der Waals surface area contributed by atoms with Crippen LogP contribution in [-0.4, -0.2) is 26.4 Å². The molecule has 2 heterocycles. The monoisotopic (exact) mass is 666 g/mol. The molecule has 1 aromatic heterocycles. The highest BCUT2D eigenvalue weighted by Gasteiger charge is 2.49. The smallest absolute Gasteiger partial charge is 0.335 e. The molecule has 4 N–H and O–H groups in total. The zero-order valence-corrected chi connectivity index (χ0v) is 29.6. The van der Waals surface area contributed by atoms with Crippen molar-refractivity contribution in [1.29, 1.82) is 0 Å². The van der Waals surface area contributed by atoms with E-state index >= 15 is 0 Å². The van der Waals surface area contributed by atoms with Crippen LogP contribution in [0.1, 0.15) is 103 Å². The minimum Gasteiger partial charge on any atom is -0.508 e. The molecule has 1 aliphatic rings. The van der Waals surface area contributed by atoms with E-state index in [0.717, 1.165) is 25.7 Å². The van der Waals surface area contributed by atoms with E-state index in [4.69, 9.17) is 9.15 Å². The highest BCUT2D eigenvalue weighted by molar-refractivity contribution is 5.92. The van der Waals surface area contributed by atoms with E-state index in [2.05, 4.69) is 65.8 Å². The van der Waals surface area contributed by atoms with Crippen molar-refractivity contribution in [3.63, 3.8) is 0 Å². The van der Waals surface area contributed by atoms with Gasteiger partial charge in [-0.2, -0.15) is 0 Å². The third kappa shape index (κ3) is 9.59. The molecule has 3 aromatic rings. The second-order valence-electron chi connectivity index (χ2n) is 13.5. The summed E-state index contributed by atoms with van der Waals surface area (Å²) >= 11 is 0. The summed E-state index contributed by atoms with van der Waals surface area (Å²) in [4.78, 5) is 13.6. The summed E-state index contributed by atoms with van der Waals surface area (Å²) in [5.41, 5.74) is 4.87. The Balaban J connectivity index is 1.79. The number of aryl methyl sites for hydroxylation is 1. The van der Waals surface area contributed by atoms with E-state index in [1.165, 1.54) is 58.7 Å². The highest BCUT2D eigenvalue weighted by atomic mass is 16.6. The molecule has 49 heavy (non-hydrogen) atoms. The lowest BCUT2D eigenvalue weighted by atomic mass is 9.86. The number of hydrogen-bond donors (Lipinski definition) is 4. The van der Waals surface area contributed by atoms with Gasteiger partial charge in [0.1, 0.15) is 28.8 Å². The lowest BCUT2D eigenvalue weighted by Gasteiger charge is -2.27. The fourth-order valence-electron chi connectivity index (χ4n) is 6.02. The third-order valence-electron chi connectivity index (χ3n) is 8.66. The first-order chi connectivity index (χ1) is 23.3. The van der Waals surface area contributed by atoms with Gasteiger partial charge in [0.05, 0.1) is 11.1 Å². The standard InChI is InChI=1S/C42H50O7/c1-27(2)11-7-13-29(5)15-9-17-31-23-39(35-24-33(43)19-21-37(35)45)48-40(31)42(36-25-34(44)20-22-38(36)46)26-32(41(47)49-42)18-10-16-30(6)14-8-12-28(3)4/h11-12,15-16,19-26,43-46H,7-10,13-14,17-18H2,1-6H3. The topological polar surface area (TPSA) is 120 Å². The van der Waals surface area contributed by atoms with Gasteiger partial charge in [-0.05, 0) is 147 Å². The van der Waals surface area contributed by atoms with Crippen molar-refractivity contribution in [3.05, 3.63) is 118 Å². The Morgan fingerprint density at radius 1 is 0.694 bits per heavy atom. The van der Waals surface area contributed by atoms with Gasteiger partial charge in [0.25, 0.3) is 0 Å². The molecule has 0 radical (unpaired) electrons. The third-order valence-corrected chi connectivity index (χ3v) is 8.66. The van der Waals surface area contributed by atoms with Crippen LogP contribution in [0.4, 0.5) is 0 Å². The molecule has 2 aromatic carbocycles. The summed E-state index contributed by atoms with van der Waals surface area (Å²) in [6.07, 6.45) is 16.4. The number of aromatic hydroxyl groups is 4. The number of rotatable bonds is 15. The predicted octanol–water partition coefficient (Wildman–Crippen LogP) is 10.6. The summed E-state index contributed by atoms with van der Waals surface area (Å²) in [7, 11) is 0. The maximum absolute atomic E-state index is 13.6. The second-order valence-corrected chi connectivity index (χ2v) is 13.5. The Bertz CT molecular complexity index is 1810. The van der Waals surface area contributed by atoms with Gasteiger partial charge in [-0.25, -0.2) is 4.79 Å². The maximum Gasteiger partial charge on any atom is 0.335 e. The quantitative estimate of drug-likeness (QED) is 0.0723. The molecule has 0 spiro atoms. The molecule has 0 bridgehead atoms. The van der Waals surface area contributed by atoms with Gasteiger partial charge < -0.3 is 29.6 Å². The summed E-state index contributed by atoms with van der Waals surface area (Å²) in [5, 5.41) is 42.7. The summed E-state index contributed by atoms with van der Waals surface area (Å²) in [6.45, 7) is 12.5. The van der Waals surface area contributed by atoms with Gasteiger partial charge >= 0.3 is 5.97 Å². The molecule has 0 saturated heterocycles. The SMILES string of the molecule is CC(C)=CCCC(C)=CCCC1=CC(c2cc(O)ccc2O)(c2oc(-c3cc(O)ccc3O)cc2CCC=C(C)CCC=C(C)C)OC1=O. The van der Waals surface area contributed by atoms with Crippen LogP contribution in [0.3, 0.4) is 0 Å². The molecule has 0 aliphatic carbocycles. The minimum atomic E-state index is -1.69. The van der Waals surface area contributed by atoms with Crippen molar-refractivity contribution in [2.75, 3.05) is 0 Å². The Kier molecular flexibility index (Phi) is 12.4. The number of carbonyl (C=O) groups is 1. The van der Waals surface area contributed by atoms with E-state index in [9.17, 15) is 25.2 Å². The summed E-state index contributed by atoms with van der Waals surface area (Å²) < 4.78 is 12.7. The Morgan fingerprint density at radius 2 is 1.27 bits per heavy atom. The predicted molar refractivity (Wildman–Crippen MR) is 195 cm³/mol. The van der Waals surface area contributed by atoms with Crippen LogP contribution in [-0.2, 0) is 21.6 Å². The van der Waals surface area contributed by atoms with Gasteiger partial charge in [-0.3, -0.25) is 0 Å². The van der Waals surface area contributed by atoms with Gasteiger partial charge in [-0.15, -0.1) is 0 Å². The molecule has 260 valence electrons. The van der Waals surface area contributed by atoms with Crippen LogP contribution in [0.5, 0.6) is 23.0 Å². The molecule has 7 nitrogen and oxygen atoms in total. The Labute approximate surface area is 290 Å². The average Bonchev–Trinajstić information content (AvgIpc) is 3.61. The normalized spacial score (nSPS) is 16.4. The van der Waals surface area contributed by atoms with Crippen LogP contribution < -0.4 is 0 Å². The fourth-order valence-corrected chi connectivity index (χ4v) is 6.02. The van der Waals surface area contributed by atoms with Crippen molar-refractivity contribution in [2.45, 2.75) is 98.5 Å². The fraction of sp³-hybridized carbons (Fsp3) is 0.357. The molecule has 1 unspecified atom stereocenters. The van der Waals surface area contributed by atoms with Crippen LogP contribution in [0, 0.1) is 0 Å². The maximum atomic E-state index is 13.6. The van der Waals surface area contributed by atoms with E-state index in [1.54, 1.807) is 12.1 Å². The number of hydrogen-bond acceptors (Lipinski definition) is 7. The van der Waals surface area contributed by atoms with Gasteiger partial charge in [0.2, 0.25) is 5.60 Å². The molecule has 7 heteroatoms. The van der Waals surface area contributed by atoms with Crippen molar-refractivity contribution >= 4 is 5.97 Å². The van der Waals surface area contributed by atoms with Crippen molar-refractivity contribution in [1.82, 2.24) is 0 Å². The summed E-state index contributed by atoms with van der Waals surface area (Å²) in [5.74, 6) is -0.488. The number of furan rings is 1. The van der Waals surface area contributed by atoms with Crippen molar-refractivity contribution < 1.29 is 34.4 Å². The second kappa shape index (κ2) is 16.5. The van der Waals surface area contributed by atoms with Crippen molar-refractivity contribution in [2.24, 2.45) is 0 Å².